The molecule has 25 heavy (non-hydrogen) atoms. The lowest BCUT2D eigenvalue weighted by molar-refractivity contribution is -0.387. The SMILES string of the molecule is COc1ccc(C(N)=O)cc1NS(=O)(=O)c1ccc(F)c([N+](=O)[O-])c1. The van der Waals surface area contributed by atoms with E-state index in [2.05, 4.69) is 4.72 Å². The van der Waals surface area contributed by atoms with E-state index >= 15 is 0 Å². The molecule has 0 aliphatic rings. The van der Waals surface area contributed by atoms with Crippen molar-refractivity contribution in [1.82, 2.24) is 0 Å². The van der Waals surface area contributed by atoms with Gasteiger partial charge in [0.15, 0.2) is 0 Å². The van der Waals surface area contributed by atoms with Crippen molar-refractivity contribution in [2.45, 2.75) is 4.90 Å². The molecule has 0 heterocycles. The van der Waals surface area contributed by atoms with Crippen LogP contribution in [0, 0.1) is 15.9 Å². The number of nitro groups is 1. The van der Waals surface area contributed by atoms with Crippen LogP contribution in [0.25, 0.3) is 0 Å². The molecule has 0 atom stereocenters. The first-order valence-corrected chi connectivity index (χ1v) is 8.08. The molecular formula is C14H12FN3O6S. The summed E-state index contributed by atoms with van der Waals surface area (Å²) < 4.78 is 45.3. The first-order chi connectivity index (χ1) is 11.7. The Labute approximate surface area is 141 Å². The fourth-order valence-electron chi connectivity index (χ4n) is 1.94. The average molecular weight is 369 g/mol. The van der Waals surface area contributed by atoms with Crippen molar-refractivity contribution in [3.05, 3.63) is 57.9 Å². The van der Waals surface area contributed by atoms with Crippen LogP contribution in [0.2, 0.25) is 0 Å². The number of sulfonamides is 1. The number of nitro benzene ring substituents is 1. The Kier molecular flexibility index (Phi) is 4.88. The third kappa shape index (κ3) is 3.83. The summed E-state index contributed by atoms with van der Waals surface area (Å²) in [6, 6.07) is 5.93. The quantitative estimate of drug-likeness (QED) is 0.585. The van der Waals surface area contributed by atoms with Gasteiger partial charge >= 0.3 is 5.69 Å². The monoisotopic (exact) mass is 369 g/mol. The highest BCUT2D eigenvalue weighted by Gasteiger charge is 2.23. The lowest BCUT2D eigenvalue weighted by Crippen LogP contribution is -2.16. The predicted molar refractivity (Wildman–Crippen MR) is 85.4 cm³/mol. The van der Waals surface area contributed by atoms with Crippen molar-refractivity contribution in [3.8, 4) is 5.75 Å². The van der Waals surface area contributed by atoms with Crippen molar-refractivity contribution < 1.29 is 27.3 Å². The largest absolute Gasteiger partial charge is 0.495 e. The third-order valence-electron chi connectivity index (χ3n) is 3.15. The molecule has 0 fully saturated rings. The molecule has 132 valence electrons. The van der Waals surface area contributed by atoms with Crippen LogP contribution < -0.4 is 15.2 Å². The summed E-state index contributed by atoms with van der Waals surface area (Å²) in [6.07, 6.45) is 0. The summed E-state index contributed by atoms with van der Waals surface area (Å²) in [7, 11) is -3.04. The van der Waals surface area contributed by atoms with E-state index in [1.165, 1.54) is 19.2 Å². The standard InChI is InChI=1S/C14H12FN3O6S/c1-24-13-5-2-8(14(16)19)6-11(13)17-25(22,23)9-3-4-10(15)12(7-9)18(20)21/h2-7,17H,1H3,(H2,16,19). The van der Waals surface area contributed by atoms with E-state index in [9.17, 15) is 27.7 Å². The molecule has 0 aliphatic heterocycles. The zero-order valence-electron chi connectivity index (χ0n) is 12.7. The summed E-state index contributed by atoms with van der Waals surface area (Å²) >= 11 is 0. The van der Waals surface area contributed by atoms with Crippen LogP contribution in [0.15, 0.2) is 41.3 Å². The van der Waals surface area contributed by atoms with E-state index in [1.54, 1.807) is 0 Å². The summed E-state index contributed by atoms with van der Waals surface area (Å²) in [4.78, 5) is 20.4. The number of carbonyl (C=O) groups excluding carboxylic acids is 1. The Balaban J connectivity index is 2.49. The second-order valence-corrected chi connectivity index (χ2v) is 6.44. The number of rotatable bonds is 6. The highest BCUT2D eigenvalue weighted by atomic mass is 32.2. The molecular weight excluding hydrogens is 357 g/mol. The van der Waals surface area contributed by atoms with Gasteiger partial charge in [0.25, 0.3) is 10.0 Å². The molecule has 0 saturated carbocycles. The van der Waals surface area contributed by atoms with E-state index in [4.69, 9.17) is 10.5 Å². The van der Waals surface area contributed by atoms with Gasteiger partial charge in [0.05, 0.1) is 22.6 Å². The van der Waals surface area contributed by atoms with Gasteiger partial charge in [-0.2, -0.15) is 4.39 Å². The first kappa shape index (κ1) is 18.1. The van der Waals surface area contributed by atoms with E-state index in [1.807, 2.05) is 0 Å². The lowest BCUT2D eigenvalue weighted by Gasteiger charge is -2.12. The zero-order chi connectivity index (χ0) is 18.8. The van der Waals surface area contributed by atoms with Crippen molar-refractivity contribution >= 4 is 27.3 Å². The molecule has 0 aromatic heterocycles. The molecule has 0 unspecified atom stereocenters. The highest BCUT2D eigenvalue weighted by Crippen LogP contribution is 2.29. The van der Waals surface area contributed by atoms with Gasteiger partial charge in [-0.25, -0.2) is 8.42 Å². The van der Waals surface area contributed by atoms with Gasteiger partial charge in [-0.3, -0.25) is 19.6 Å². The number of hydrogen-bond acceptors (Lipinski definition) is 6. The molecule has 0 bridgehead atoms. The minimum atomic E-state index is -4.31. The molecule has 11 heteroatoms. The number of nitrogens with one attached hydrogen (secondary N) is 1. The van der Waals surface area contributed by atoms with Crippen LogP contribution in [0.1, 0.15) is 10.4 Å². The maximum atomic E-state index is 13.4. The van der Waals surface area contributed by atoms with Gasteiger partial charge in [-0.05, 0) is 30.3 Å². The van der Waals surface area contributed by atoms with E-state index in [0.717, 1.165) is 12.1 Å². The molecule has 2 aromatic rings. The van der Waals surface area contributed by atoms with Crippen LogP contribution in [0.5, 0.6) is 5.75 Å². The van der Waals surface area contributed by atoms with Gasteiger partial charge < -0.3 is 10.5 Å². The maximum Gasteiger partial charge on any atom is 0.306 e. The number of nitrogens with zero attached hydrogens (tertiary/aromatic N) is 1. The second kappa shape index (κ2) is 6.73. The van der Waals surface area contributed by atoms with Gasteiger partial charge in [0, 0.05) is 11.6 Å². The number of primary amides is 1. The van der Waals surface area contributed by atoms with Crippen molar-refractivity contribution in [3.63, 3.8) is 0 Å². The molecule has 0 spiro atoms. The molecule has 2 rings (SSSR count). The number of halogens is 1. The summed E-state index contributed by atoms with van der Waals surface area (Å²) in [5.41, 5.74) is 4.07. The average Bonchev–Trinajstić information content (AvgIpc) is 2.54. The van der Waals surface area contributed by atoms with Crippen LogP contribution >= 0.6 is 0 Å². The number of methoxy groups -OCH3 is 1. The number of carbonyl (C=O) groups is 1. The number of benzene rings is 2. The van der Waals surface area contributed by atoms with E-state index in [-0.39, 0.29) is 17.0 Å². The first-order valence-electron chi connectivity index (χ1n) is 6.60. The van der Waals surface area contributed by atoms with Crippen LogP contribution in [-0.2, 0) is 10.0 Å². The topological polar surface area (TPSA) is 142 Å². The molecule has 1 amide bonds. The summed E-state index contributed by atoms with van der Waals surface area (Å²) in [5.74, 6) is -1.87. The molecule has 0 radical (unpaired) electrons. The van der Waals surface area contributed by atoms with Crippen LogP contribution in [0.3, 0.4) is 0 Å². The predicted octanol–water partition coefficient (Wildman–Crippen LogP) is 1.64. The third-order valence-corrected chi connectivity index (χ3v) is 4.52. The number of hydrogen-bond donors (Lipinski definition) is 2. The fourth-order valence-corrected chi connectivity index (χ4v) is 3.03. The Morgan fingerprint density at radius 3 is 2.52 bits per heavy atom. The van der Waals surface area contributed by atoms with Crippen molar-refractivity contribution in [2.75, 3.05) is 11.8 Å². The maximum absolute atomic E-state index is 13.4. The Morgan fingerprint density at radius 2 is 1.96 bits per heavy atom. The molecule has 0 saturated heterocycles. The van der Waals surface area contributed by atoms with Crippen molar-refractivity contribution in [1.29, 1.82) is 0 Å². The summed E-state index contributed by atoms with van der Waals surface area (Å²) in [6.45, 7) is 0. The normalized spacial score (nSPS) is 11.0. The summed E-state index contributed by atoms with van der Waals surface area (Å²) in [5, 5.41) is 10.8. The number of anilines is 1. The van der Waals surface area contributed by atoms with Crippen LogP contribution in [-0.4, -0.2) is 26.4 Å². The number of ether oxygens (including phenoxy) is 1. The van der Waals surface area contributed by atoms with Crippen LogP contribution in [0.4, 0.5) is 15.8 Å². The Bertz CT molecular complexity index is 961. The van der Waals surface area contributed by atoms with E-state index in [0.29, 0.717) is 12.1 Å². The van der Waals surface area contributed by atoms with E-state index < -0.39 is 37.3 Å². The zero-order valence-corrected chi connectivity index (χ0v) is 13.5. The smallest absolute Gasteiger partial charge is 0.306 e. The van der Waals surface area contributed by atoms with Gasteiger partial charge in [0.1, 0.15) is 5.75 Å². The van der Waals surface area contributed by atoms with Gasteiger partial charge in [-0.1, -0.05) is 0 Å². The van der Waals surface area contributed by atoms with Gasteiger partial charge in [-0.15, -0.1) is 0 Å². The second-order valence-electron chi connectivity index (χ2n) is 4.76. The van der Waals surface area contributed by atoms with Crippen molar-refractivity contribution in [2.24, 2.45) is 5.73 Å². The minimum Gasteiger partial charge on any atom is -0.495 e. The molecule has 0 aliphatic carbocycles. The molecule has 2 aromatic carbocycles. The number of nitrogens with two attached hydrogens (primary N) is 1. The lowest BCUT2D eigenvalue weighted by atomic mass is 10.2. The fraction of sp³-hybridized carbons (Fsp3) is 0.0714. The Morgan fingerprint density at radius 1 is 1.28 bits per heavy atom. The highest BCUT2D eigenvalue weighted by molar-refractivity contribution is 7.92. The van der Waals surface area contributed by atoms with Gasteiger partial charge in [0.2, 0.25) is 11.7 Å². The molecule has 3 N–H and O–H groups in total. The Hall–Kier alpha value is -3.21. The minimum absolute atomic E-state index is 0.0172. The number of amides is 1. The molecule has 9 nitrogen and oxygen atoms in total.